The number of nitrogens with zero attached hydrogens (tertiary/aromatic N) is 2. The standard InChI is InChI=1S/C50H42N2Si/c1-50(2)45-22-9-8-20-42(45)43-28-25-38(31-46(43)50)36-16-10-15-35(29-36)37-17-11-18-39(30-37)49-51-47(34-23-26-40(27-24-34)53(3,4)5)32-48(52-49)44-21-12-14-33-13-6-7-19-41(33)44/h6-32H,1-5H3. The van der Waals surface area contributed by atoms with Crippen LogP contribution in [-0.4, -0.2) is 18.0 Å². The van der Waals surface area contributed by atoms with Gasteiger partial charge in [-0.25, -0.2) is 9.97 Å². The van der Waals surface area contributed by atoms with Crippen molar-refractivity contribution >= 4 is 24.0 Å². The van der Waals surface area contributed by atoms with E-state index in [4.69, 9.17) is 9.97 Å². The second kappa shape index (κ2) is 12.6. The van der Waals surface area contributed by atoms with E-state index in [-0.39, 0.29) is 5.41 Å². The van der Waals surface area contributed by atoms with E-state index in [1.807, 2.05) is 0 Å². The molecule has 0 aliphatic heterocycles. The number of aromatic nitrogens is 2. The van der Waals surface area contributed by atoms with Crippen LogP contribution in [0.25, 0.3) is 78.1 Å². The highest BCUT2D eigenvalue weighted by Crippen LogP contribution is 2.49. The first-order chi connectivity index (χ1) is 25.6. The molecule has 0 amide bonds. The zero-order valence-electron chi connectivity index (χ0n) is 31.0. The number of rotatable bonds is 6. The number of benzene rings is 7. The molecular formula is C50H42N2Si. The van der Waals surface area contributed by atoms with Crippen LogP contribution in [-0.2, 0) is 5.41 Å². The van der Waals surface area contributed by atoms with E-state index in [0.29, 0.717) is 0 Å². The lowest BCUT2D eigenvalue weighted by Crippen LogP contribution is -2.37. The van der Waals surface area contributed by atoms with Crippen LogP contribution in [0.3, 0.4) is 0 Å². The summed E-state index contributed by atoms with van der Waals surface area (Å²) in [6.45, 7) is 11.8. The Morgan fingerprint density at radius 2 is 0.962 bits per heavy atom. The van der Waals surface area contributed by atoms with Gasteiger partial charge in [-0.1, -0.05) is 178 Å². The highest BCUT2D eigenvalue weighted by Gasteiger charge is 2.35. The maximum absolute atomic E-state index is 5.27. The minimum atomic E-state index is -1.44. The van der Waals surface area contributed by atoms with E-state index < -0.39 is 8.07 Å². The van der Waals surface area contributed by atoms with Crippen LogP contribution in [0, 0.1) is 0 Å². The van der Waals surface area contributed by atoms with Crippen molar-refractivity contribution in [3.63, 3.8) is 0 Å². The summed E-state index contributed by atoms with van der Waals surface area (Å²) in [5.74, 6) is 0.720. The zero-order valence-corrected chi connectivity index (χ0v) is 32.0. The second-order valence-electron chi connectivity index (χ2n) is 15.9. The second-order valence-corrected chi connectivity index (χ2v) is 21.0. The summed E-state index contributed by atoms with van der Waals surface area (Å²) < 4.78 is 0. The molecule has 1 heterocycles. The third-order valence-corrected chi connectivity index (χ3v) is 13.1. The molecule has 256 valence electrons. The molecule has 9 rings (SSSR count). The van der Waals surface area contributed by atoms with Gasteiger partial charge in [0.15, 0.2) is 5.82 Å². The van der Waals surface area contributed by atoms with Crippen molar-refractivity contribution < 1.29 is 0 Å². The van der Waals surface area contributed by atoms with Crippen molar-refractivity contribution in [2.75, 3.05) is 0 Å². The molecule has 53 heavy (non-hydrogen) atoms. The molecule has 0 fully saturated rings. The maximum atomic E-state index is 5.27. The van der Waals surface area contributed by atoms with Gasteiger partial charge in [-0.2, -0.15) is 0 Å². The molecule has 3 heteroatoms. The number of fused-ring (bicyclic) bond motifs is 4. The fourth-order valence-electron chi connectivity index (χ4n) is 8.05. The molecule has 1 aliphatic rings. The van der Waals surface area contributed by atoms with Crippen LogP contribution in [0.15, 0.2) is 164 Å². The predicted octanol–water partition coefficient (Wildman–Crippen LogP) is 12.8. The lowest BCUT2D eigenvalue weighted by molar-refractivity contribution is 0.660. The predicted molar refractivity (Wildman–Crippen MR) is 227 cm³/mol. The molecule has 0 saturated carbocycles. The molecule has 0 N–H and O–H groups in total. The average Bonchev–Trinajstić information content (AvgIpc) is 3.42. The summed E-state index contributed by atoms with van der Waals surface area (Å²) >= 11 is 0. The van der Waals surface area contributed by atoms with Gasteiger partial charge in [0.05, 0.1) is 19.5 Å². The lowest BCUT2D eigenvalue weighted by atomic mass is 9.81. The van der Waals surface area contributed by atoms with Gasteiger partial charge >= 0.3 is 0 Å². The Morgan fingerprint density at radius 1 is 0.415 bits per heavy atom. The van der Waals surface area contributed by atoms with E-state index in [1.165, 1.54) is 54.9 Å². The van der Waals surface area contributed by atoms with Crippen molar-refractivity contribution in [1.82, 2.24) is 9.97 Å². The summed E-state index contributed by atoms with van der Waals surface area (Å²) in [6.07, 6.45) is 0. The molecule has 0 radical (unpaired) electrons. The monoisotopic (exact) mass is 698 g/mol. The minimum Gasteiger partial charge on any atom is -0.228 e. The van der Waals surface area contributed by atoms with Gasteiger partial charge in [0.1, 0.15) is 0 Å². The normalized spacial score (nSPS) is 13.2. The molecule has 0 bridgehead atoms. The van der Waals surface area contributed by atoms with E-state index in [9.17, 15) is 0 Å². The van der Waals surface area contributed by atoms with Gasteiger partial charge < -0.3 is 0 Å². The first-order valence-electron chi connectivity index (χ1n) is 18.6. The molecule has 0 spiro atoms. The number of hydrogen-bond donors (Lipinski definition) is 0. The highest BCUT2D eigenvalue weighted by molar-refractivity contribution is 6.88. The fourth-order valence-corrected chi connectivity index (χ4v) is 9.22. The summed E-state index contributed by atoms with van der Waals surface area (Å²) in [5, 5.41) is 3.82. The third-order valence-electron chi connectivity index (χ3n) is 11.1. The largest absolute Gasteiger partial charge is 0.228 e. The van der Waals surface area contributed by atoms with Gasteiger partial charge in [-0.05, 0) is 79.5 Å². The summed E-state index contributed by atoms with van der Waals surface area (Å²) in [6, 6.07) is 59.6. The van der Waals surface area contributed by atoms with E-state index in [1.54, 1.807) is 0 Å². The van der Waals surface area contributed by atoms with Crippen LogP contribution in [0.1, 0.15) is 25.0 Å². The Kier molecular flexibility index (Phi) is 7.87. The fraction of sp³-hybridized carbons (Fsp3) is 0.120. The quantitative estimate of drug-likeness (QED) is 0.162. The van der Waals surface area contributed by atoms with E-state index in [0.717, 1.165) is 39.5 Å². The van der Waals surface area contributed by atoms with Gasteiger partial charge in [-0.3, -0.25) is 0 Å². The Labute approximate surface area is 313 Å². The van der Waals surface area contributed by atoms with Crippen molar-refractivity contribution in [3.8, 4) is 67.3 Å². The highest BCUT2D eigenvalue weighted by atomic mass is 28.3. The van der Waals surface area contributed by atoms with E-state index in [2.05, 4.69) is 197 Å². The molecule has 1 aromatic heterocycles. The number of hydrogen-bond acceptors (Lipinski definition) is 2. The van der Waals surface area contributed by atoms with Crippen LogP contribution >= 0.6 is 0 Å². The van der Waals surface area contributed by atoms with Crippen LogP contribution in [0.4, 0.5) is 0 Å². The Hall–Kier alpha value is -5.90. The molecule has 7 aromatic carbocycles. The van der Waals surface area contributed by atoms with E-state index >= 15 is 0 Å². The smallest absolute Gasteiger partial charge is 0.160 e. The van der Waals surface area contributed by atoms with Gasteiger partial charge in [0.2, 0.25) is 0 Å². The Bertz CT molecular complexity index is 2680. The Morgan fingerprint density at radius 3 is 1.72 bits per heavy atom. The summed E-state index contributed by atoms with van der Waals surface area (Å²) in [4.78, 5) is 10.5. The molecule has 0 saturated heterocycles. The van der Waals surface area contributed by atoms with Crippen LogP contribution in [0.2, 0.25) is 19.6 Å². The first kappa shape index (κ1) is 33.0. The van der Waals surface area contributed by atoms with Gasteiger partial charge in [0.25, 0.3) is 0 Å². The summed E-state index contributed by atoms with van der Waals surface area (Å²) in [7, 11) is -1.44. The van der Waals surface area contributed by atoms with Crippen LogP contribution < -0.4 is 5.19 Å². The van der Waals surface area contributed by atoms with Crippen molar-refractivity contribution in [2.45, 2.75) is 38.9 Å². The molecule has 0 unspecified atom stereocenters. The first-order valence-corrected chi connectivity index (χ1v) is 22.1. The Balaban J connectivity index is 1.12. The van der Waals surface area contributed by atoms with Crippen molar-refractivity contribution in [1.29, 1.82) is 0 Å². The summed E-state index contributed by atoms with van der Waals surface area (Å²) in [5.41, 5.74) is 15.2. The van der Waals surface area contributed by atoms with Crippen LogP contribution in [0.5, 0.6) is 0 Å². The van der Waals surface area contributed by atoms with Gasteiger partial charge in [0, 0.05) is 22.1 Å². The van der Waals surface area contributed by atoms with Crippen molar-refractivity contribution in [3.05, 3.63) is 175 Å². The third kappa shape index (κ3) is 5.92. The molecule has 8 aromatic rings. The SMILES string of the molecule is CC1(C)c2ccccc2-c2ccc(-c3cccc(-c4cccc(-c5nc(-c6ccc([Si](C)(C)C)cc6)cc(-c6cccc7ccccc67)n5)c4)c3)cc21. The average molecular weight is 699 g/mol. The topological polar surface area (TPSA) is 25.8 Å². The molecule has 2 nitrogen and oxygen atoms in total. The lowest BCUT2D eigenvalue weighted by Gasteiger charge is -2.22. The molecular weight excluding hydrogens is 657 g/mol. The zero-order chi connectivity index (χ0) is 36.3. The van der Waals surface area contributed by atoms with Crippen molar-refractivity contribution in [2.24, 2.45) is 0 Å². The molecule has 0 atom stereocenters. The minimum absolute atomic E-state index is 0.0380. The van der Waals surface area contributed by atoms with Gasteiger partial charge in [-0.15, -0.1) is 0 Å². The molecule has 1 aliphatic carbocycles. The maximum Gasteiger partial charge on any atom is 0.160 e.